The number of hydrogen-bond acceptors (Lipinski definition) is 6. The summed E-state index contributed by atoms with van der Waals surface area (Å²) in [7, 11) is 0. The molecule has 156 valence electrons. The van der Waals surface area contributed by atoms with E-state index in [4.69, 9.17) is 9.47 Å². The molecule has 0 aliphatic heterocycles. The van der Waals surface area contributed by atoms with Crippen molar-refractivity contribution in [3.63, 3.8) is 0 Å². The van der Waals surface area contributed by atoms with E-state index < -0.39 is 36.8 Å². The molecule has 0 aliphatic rings. The van der Waals surface area contributed by atoms with Gasteiger partial charge in [-0.05, 0) is 51.5 Å². The number of esters is 1. The number of halogens is 2. The highest BCUT2D eigenvalue weighted by atomic mass is 19.3. The lowest BCUT2D eigenvalue weighted by Crippen LogP contribution is -2.33. The van der Waals surface area contributed by atoms with E-state index in [-0.39, 0.29) is 18.7 Å². The van der Waals surface area contributed by atoms with E-state index in [1.807, 2.05) is 0 Å². The second-order valence-electron chi connectivity index (χ2n) is 6.64. The second kappa shape index (κ2) is 11.1. The molecule has 0 spiro atoms. The Balaban J connectivity index is 2.20. The Bertz CT molecular complexity index is 659. The molecular weight excluding hydrogens is 378 g/mol. The number of carbonyl (C=O) groups is 3. The number of ether oxygens (including phenoxy) is 3. The molecule has 0 bridgehead atoms. The summed E-state index contributed by atoms with van der Waals surface area (Å²) in [5, 5.41) is 4.95. The van der Waals surface area contributed by atoms with Gasteiger partial charge in [-0.15, -0.1) is 0 Å². The van der Waals surface area contributed by atoms with Gasteiger partial charge in [0.1, 0.15) is 11.4 Å². The third kappa shape index (κ3) is 10.9. The molecular formula is C18H24F2N2O6. The maximum atomic E-state index is 12.1. The molecule has 0 atom stereocenters. The lowest BCUT2D eigenvalue weighted by atomic mass is 10.2. The quantitative estimate of drug-likeness (QED) is 0.486. The predicted octanol–water partition coefficient (Wildman–Crippen LogP) is 3.07. The van der Waals surface area contributed by atoms with Crippen molar-refractivity contribution in [2.24, 2.45) is 0 Å². The molecule has 0 heterocycles. The standard InChI is InChI=1S/C18H24F2N2O6/c1-18(2,3)28-17(25)21-10-4-5-15(24)26-11-14(23)22-12-6-8-13(9-7-12)27-16(19)20/h6-9,16H,4-5,10-11H2,1-3H3,(H,21,25)(H,22,23). The first-order valence-electron chi connectivity index (χ1n) is 8.52. The van der Waals surface area contributed by atoms with Crippen LogP contribution in [0.2, 0.25) is 0 Å². The van der Waals surface area contributed by atoms with Crippen LogP contribution in [0.1, 0.15) is 33.6 Å². The van der Waals surface area contributed by atoms with Gasteiger partial charge in [-0.25, -0.2) is 4.79 Å². The van der Waals surface area contributed by atoms with Crippen LogP contribution in [0.15, 0.2) is 24.3 Å². The van der Waals surface area contributed by atoms with E-state index in [9.17, 15) is 23.2 Å². The highest BCUT2D eigenvalue weighted by molar-refractivity contribution is 5.92. The Morgan fingerprint density at radius 2 is 1.75 bits per heavy atom. The van der Waals surface area contributed by atoms with Crippen LogP contribution in [0, 0.1) is 0 Å². The molecule has 0 unspecified atom stereocenters. The number of benzene rings is 1. The minimum absolute atomic E-state index is 0.0166. The SMILES string of the molecule is CC(C)(C)OC(=O)NCCCC(=O)OCC(=O)Nc1ccc(OC(F)F)cc1. The number of hydrogen-bond donors (Lipinski definition) is 2. The summed E-state index contributed by atoms with van der Waals surface area (Å²) in [6.07, 6.45) is -0.237. The molecule has 0 aromatic heterocycles. The van der Waals surface area contributed by atoms with Gasteiger partial charge in [0.25, 0.3) is 5.91 Å². The van der Waals surface area contributed by atoms with Crippen molar-refractivity contribution in [2.45, 2.75) is 45.8 Å². The molecule has 1 rings (SSSR count). The minimum atomic E-state index is -2.93. The molecule has 1 aromatic rings. The normalized spacial score (nSPS) is 10.9. The smallest absolute Gasteiger partial charge is 0.407 e. The molecule has 10 heteroatoms. The number of amides is 2. The lowest BCUT2D eigenvalue weighted by Gasteiger charge is -2.19. The van der Waals surface area contributed by atoms with Crippen LogP contribution in [-0.2, 0) is 19.1 Å². The number of alkyl carbamates (subject to hydrolysis) is 1. The van der Waals surface area contributed by atoms with E-state index in [1.165, 1.54) is 24.3 Å². The van der Waals surface area contributed by atoms with Crippen molar-refractivity contribution in [3.8, 4) is 5.75 Å². The first-order chi connectivity index (χ1) is 13.0. The van der Waals surface area contributed by atoms with Crippen LogP contribution in [0.5, 0.6) is 5.75 Å². The fourth-order valence-electron chi connectivity index (χ4n) is 1.87. The fourth-order valence-corrected chi connectivity index (χ4v) is 1.87. The predicted molar refractivity (Wildman–Crippen MR) is 96.1 cm³/mol. The lowest BCUT2D eigenvalue weighted by molar-refractivity contribution is -0.147. The van der Waals surface area contributed by atoms with Gasteiger partial charge in [0, 0.05) is 18.7 Å². The Hall–Kier alpha value is -2.91. The van der Waals surface area contributed by atoms with Gasteiger partial charge in [0.15, 0.2) is 6.61 Å². The first-order valence-corrected chi connectivity index (χ1v) is 8.52. The van der Waals surface area contributed by atoms with Crippen LogP contribution < -0.4 is 15.4 Å². The van der Waals surface area contributed by atoms with E-state index >= 15 is 0 Å². The zero-order chi connectivity index (χ0) is 21.2. The monoisotopic (exact) mass is 402 g/mol. The van der Waals surface area contributed by atoms with E-state index in [2.05, 4.69) is 15.4 Å². The highest BCUT2D eigenvalue weighted by Gasteiger charge is 2.15. The number of nitrogens with one attached hydrogen (secondary N) is 2. The largest absolute Gasteiger partial charge is 0.456 e. The van der Waals surface area contributed by atoms with Crippen LogP contribution in [0.4, 0.5) is 19.3 Å². The molecule has 0 aliphatic carbocycles. The molecule has 2 N–H and O–H groups in total. The zero-order valence-corrected chi connectivity index (χ0v) is 15.9. The molecule has 0 fully saturated rings. The Morgan fingerprint density at radius 3 is 2.32 bits per heavy atom. The van der Waals surface area contributed by atoms with Crippen molar-refractivity contribution in [1.82, 2.24) is 5.32 Å². The minimum Gasteiger partial charge on any atom is -0.456 e. The summed E-state index contributed by atoms with van der Waals surface area (Å²) >= 11 is 0. The summed E-state index contributed by atoms with van der Waals surface area (Å²) in [4.78, 5) is 34.7. The van der Waals surface area contributed by atoms with Crippen LogP contribution in [0.3, 0.4) is 0 Å². The average molecular weight is 402 g/mol. The maximum Gasteiger partial charge on any atom is 0.407 e. The van der Waals surface area contributed by atoms with Gasteiger partial charge in [-0.3, -0.25) is 9.59 Å². The van der Waals surface area contributed by atoms with Gasteiger partial charge in [-0.1, -0.05) is 0 Å². The van der Waals surface area contributed by atoms with Crippen molar-refractivity contribution in [2.75, 3.05) is 18.5 Å². The molecule has 1 aromatic carbocycles. The van der Waals surface area contributed by atoms with E-state index in [1.54, 1.807) is 20.8 Å². The molecule has 8 nitrogen and oxygen atoms in total. The Morgan fingerprint density at radius 1 is 1.11 bits per heavy atom. The second-order valence-corrected chi connectivity index (χ2v) is 6.64. The van der Waals surface area contributed by atoms with Gasteiger partial charge >= 0.3 is 18.7 Å². The van der Waals surface area contributed by atoms with Gasteiger partial charge < -0.3 is 24.8 Å². The highest BCUT2D eigenvalue weighted by Crippen LogP contribution is 2.17. The number of alkyl halides is 2. The van der Waals surface area contributed by atoms with Gasteiger partial charge in [0.05, 0.1) is 0 Å². The summed E-state index contributed by atoms with van der Waals surface area (Å²) in [5.74, 6) is -1.22. The van der Waals surface area contributed by atoms with Crippen LogP contribution in [0.25, 0.3) is 0 Å². The Labute approximate surface area is 161 Å². The van der Waals surface area contributed by atoms with Crippen molar-refractivity contribution < 1.29 is 37.4 Å². The van der Waals surface area contributed by atoms with Crippen LogP contribution in [-0.4, -0.2) is 43.3 Å². The number of carbonyl (C=O) groups excluding carboxylic acids is 3. The summed E-state index contributed by atoms with van der Waals surface area (Å²) in [5.41, 5.74) is -0.267. The molecule has 0 saturated carbocycles. The van der Waals surface area contributed by atoms with E-state index in [0.29, 0.717) is 12.1 Å². The van der Waals surface area contributed by atoms with Gasteiger partial charge in [0.2, 0.25) is 0 Å². The third-order valence-corrected chi connectivity index (χ3v) is 2.95. The molecule has 0 radical (unpaired) electrons. The first kappa shape index (κ1) is 23.1. The fraction of sp³-hybridized carbons (Fsp3) is 0.500. The van der Waals surface area contributed by atoms with Crippen LogP contribution >= 0.6 is 0 Å². The van der Waals surface area contributed by atoms with Gasteiger partial charge in [-0.2, -0.15) is 8.78 Å². The maximum absolute atomic E-state index is 12.1. The summed E-state index contributed by atoms with van der Waals surface area (Å²) in [6, 6.07) is 5.29. The number of rotatable bonds is 9. The molecule has 0 saturated heterocycles. The molecule has 28 heavy (non-hydrogen) atoms. The van der Waals surface area contributed by atoms with E-state index in [0.717, 1.165) is 0 Å². The summed E-state index contributed by atoms with van der Waals surface area (Å²) < 4.78 is 38.2. The van der Waals surface area contributed by atoms with Crippen molar-refractivity contribution in [1.29, 1.82) is 0 Å². The molecule has 2 amide bonds. The third-order valence-electron chi connectivity index (χ3n) is 2.95. The summed E-state index contributed by atoms with van der Waals surface area (Å²) in [6.45, 7) is 2.01. The Kier molecular flexibility index (Phi) is 9.13. The van der Waals surface area contributed by atoms with Crippen molar-refractivity contribution >= 4 is 23.7 Å². The number of anilines is 1. The zero-order valence-electron chi connectivity index (χ0n) is 15.9. The van der Waals surface area contributed by atoms with Crippen molar-refractivity contribution in [3.05, 3.63) is 24.3 Å². The topological polar surface area (TPSA) is 103 Å². The average Bonchev–Trinajstić information content (AvgIpc) is 2.56.